The zero-order valence-corrected chi connectivity index (χ0v) is 8.92. The summed E-state index contributed by atoms with van der Waals surface area (Å²) in [5.41, 5.74) is 0.330. The highest BCUT2D eigenvalue weighted by Gasteiger charge is 2.55. The molecule has 2 aliphatic carbocycles. The largest absolute Gasteiger partial charge is 0.396 e. The molecule has 2 saturated carbocycles. The summed E-state index contributed by atoms with van der Waals surface area (Å²) < 4.78 is 0. The number of hydrogen-bond acceptors (Lipinski definition) is 1. The predicted molar refractivity (Wildman–Crippen MR) is 54.4 cm³/mol. The molecule has 0 aromatic carbocycles. The van der Waals surface area contributed by atoms with Crippen molar-refractivity contribution in [3.05, 3.63) is 0 Å². The first-order valence-electron chi connectivity index (χ1n) is 5.86. The molecule has 0 aromatic rings. The molecule has 76 valence electrons. The van der Waals surface area contributed by atoms with Crippen LogP contribution in [-0.4, -0.2) is 11.7 Å². The van der Waals surface area contributed by atoms with Crippen molar-refractivity contribution in [2.75, 3.05) is 6.61 Å². The third-order valence-corrected chi connectivity index (χ3v) is 4.57. The van der Waals surface area contributed by atoms with Crippen molar-refractivity contribution in [2.45, 2.75) is 46.0 Å². The number of aliphatic hydroxyl groups is 1. The molecule has 0 bridgehead atoms. The van der Waals surface area contributed by atoms with Crippen LogP contribution in [0.2, 0.25) is 0 Å². The molecule has 2 unspecified atom stereocenters. The summed E-state index contributed by atoms with van der Waals surface area (Å²) in [5.74, 6) is 2.76. The van der Waals surface area contributed by atoms with Crippen LogP contribution in [0.5, 0.6) is 0 Å². The number of rotatable bonds is 4. The summed E-state index contributed by atoms with van der Waals surface area (Å²) in [6, 6.07) is 0. The van der Waals surface area contributed by atoms with E-state index in [4.69, 9.17) is 0 Å². The summed E-state index contributed by atoms with van der Waals surface area (Å²) in [5, 5.41) is 9.59. The minimum atomic E-state index is 0.330. The van der Waals surface area contributed by atoms with Gasteiger partial charge in [-0.1, -0.05) is 26.7 Å². The average Bonchev–Trinajstić information content (AvgIpc) is 2.77. The van der Waals surface area contributed by atoms with Crippen molar-refractivity contribution in [2.24, 2.45) is 23.2 Å². The van der Waals surface area contributed by atoms with Gasteiger partial charge in [0.1, 0.15) is 0 Å². The summed E-state index contributed by atoms with van der Waals surface area (Å²) in [6.07, 6.45) is 6.59. The van der Waals surface area contributed by atoms with Crippen LogP contribution in [0.15, 0.2) is 0 Å². The molecule has 2 rings (SSSR count). The van der Waals surface area contributed by atoms with Crippen LogP contribution < -0.4 is 0 Å². The Morgan fingerprint density at radius 2 is 1.77 bits per heavy atom. The Kier molecular flexibility index (Phi) is 2.39. The average molecular weight is 182 g/mol. The van der Waals surface area contributed by atoms with Gasteiger partial charge in [0, 0.05) is 6.61 Å². The molecule has 0 amide bonds. The van der Waals surface area contributed by atoms with Crippen LogP contribution in [0.1, 0.15) is 46.0 Å². The smallest absolute Gasteiger partial charge is 0.0490 e. The van der Waals surface area contributed by atoms with Gasteiger partial charge in [-0.25, -0.2) is 0 Å². The van der Waals surface area contributed by atoms with Crippen molar-refractivity contribution in [3.63, 3.8) is 0 Å². The maximum Gasteiger partial charge on any atom is 0.0490 e. The normalized spacial score (nSPS) is 42.5. The van der Waals surface area contributed by atoms with Gasteiger partial charge in [0.25, 0.3) is 0 Å². The van der Waals surface area contributed by atoms with Gasteiger partial charge in [-0.3, -0.25) is 0 Å². The topological polar surface area (TPSA) is 20.2 Å². The van der Waals surface area contributed by atoms with Crippen LogP contribution in [0.4, 0.5) is 0 Å². The highest BCUT2D eigenvalue weighted by molar-refractivity contribution is 5.05. The van der Waals surface area contributed by atoms with Gasteiger partial charge in [-0.2, -0.15) is 0 Å². The summed E-state index contributed by atoms with van der Waals surface area (Å²) in [7, 11) is 0. The molecule has 0 saturated heterocycles. The molecule has 1 heteroatoms. The molecule has 1 N–H and O–H groups in total. The lowest BCUT2D eigenvalue weighted by Gasteiger charge is -2.36. The molecule has 0 heterocycles. The second-order valence-electron chi connectivity index (χ2n) is 5.20. The first-order valence-corrected chi connectivity index (χ1v) is 5.86. The number of fused-ring (bicyclic) bond motifs is 1. The third-order valence-electron chi connectivity index (χ3n) is 4.57. The van der Waals surface area contributed by atoms with Crippen molar-refractivity contribution < 1.29 is 5.11 Å². The van der Waals surface area contributed by atoms with Crippen LogP contribution >= 0.6 is 0 Å². The molecule has 0 aromatic heterocycles. The van der Waals surface area contributed by atoms with E-state index in [1.54, 1.807) is 0 Å². The summed E-state index contributed by atoms with van der Waals surface area (Å²) in [4.78, 5) is 0. The van der Waals surface area contributed by atoms with E-state index in [1.165, 1.54) is 32.1 Å². The van der Waals surface area contributed by atoms with E-state index >= 15 is 0 Å². The van der Waals surface area contributed by atoms with Crippen LogP contribution in [0.3, 0.4) is 0 Å². The number of aliphatic hydroxyl groups excluding tert-OH is 1. The third kappa shape index (κ3) is 1.41. The second-order valence-corrected chi connectivity index (χ2v) is 5.20. The van der Waals surface area contributed by atoms with Crippen molar-refractivity contribution in [1.82, 2.24) is 0 Å². The van der Waals surface area contributed by atoms with Gasteiger partial charge in [0.05, 0.1) is 0 Å². The van der Waals surface area contributed by atoms with Crippen LogP contribution in [0.25, 0.3) is 0 Å². The van der Waals surface area contributed by atoms with Gasteiger partial charge in [0.2, 0.25) is 0 Å². The zero-order valence-electron chi connectivity index (χ0n) is 8.92. The molecule has 0 spiro atoms. The van der Waals surface area contributed by atoms with Crippen molar-refractivity contribution >= 4 is 0 Å². The van der Waals surface area contributed by atoms with E-state index in [-0.39, 0.29) is 0 Å². The molecule has 2 fully saturated rings. The fraction of sp³-hybridized carbons (Fsp3) is 1.00. The van der Waals surface area contributed by atoms with E-state index in [1.807, 2.05) is 0 Å². The fourth-order valence-corrected chi connectivity index (χ4v) is 3.68. The maximum atomic E-state index is 9.59. The van der Waals surface area contributed by atoms with E-state index < -0.39 is 0 Å². The lowest BCUT2D eigenvalue weighted by molar-refractivity contribution is 0.0493. The quantitative estimate of drug-likeness (QED) is 0.709. The lowest BCUT2D eigenvalue weighted by atomic mass is 9.70. The fourth-order valence-electron chi connectivity index (χ4n) is 3.68. The van der Waals surface area contributed by atoms with E-state index in [0.717, 1.165) is 17.8 Å². The van der Waals surface area contributed by atoms with E-state index in [9.17, 15) is 5.11 Å². The summed E-state index contributed by atoms with van der Waals surface area (Å²) >= 11 is 0. The lowest BCUT2D eigenvalue weighted by Crippen LogP contribution is -2.32. The Bertz CT molecular complexity index is 174. The van der Waals surface area contributed by atoms with Gasteiger partial charge in [0.15, 0.2) is 0 Å². The highest BCUT2D eigenvalue weighted by atomic mass is 16.3. The standard InChI is InChI=1S/C12H22O/c1-3-11(4-2)12(8-13)6-9-5-10(9)7-12/h9-11,13H,3-8H2,1-2H3. The Morgan fingerprint density at radius 3 is 2.15 bits per heavy atom. The van der Waals surface area contributed by atoms with Gasteiger partial charge < -0.3 is 5.11 Å². The molecule has 0 radical (unpaired) electrons. The van der Waals surface area contributed by atoms with E-state index in [2.05, 4.69) is 13.8 Å². The van der Waals surface area contributed by atoms with Gasteiger partial charge in [-0.15, -0.1) is 0 Å². The maximum absolute atomic E-state index is 9.59. The minimum absolute atomic E-state index is 0.330. The van der Waals surface area contributed by atoms with E-state index in [0.29, 0.717) is 12.0 Å². The highest BCUT2D eigenvalue weighted by Crippen LogP contribution is 2.63. The van der Waals surface area contributed by atoms with Gasteiger partial charge >= 0.3 is 0 Å². The SMILES string of the molecule is CCC(CC)C1(CO)CC2CC2C1. The van der Waals surface area contributed by atoms with Gasteiger partial charge in [-0.05, 0) is 42.4 Å². The molecule has 2 aliphatic rings. The second kappa shape index (κ2) is 3.27. The Morgan fingerprint density at radius 1 is 1.23 bits per heavy atom. The molecule has 0 aliphatic heterocycles. The first kappa shape index (κ1) is 9.51. The molecular weight excluding hydrogens is 160 g/mol. The molecule has 13 heavy (non-hydrogen) atoms. The zero-order chi connectivity index (χ0) is 9.47. The minimum Gasteiger partial charge on any atom is -0.396 e. The molecule has 1 nitrogen and oxygen atoms in total. The van der Waals surface area contributed by atoms with Crippen LogP contribution in [-0.2, 0) is 0 Å². The predicted octanol–water partition coefficient (Wildman–Crippen LogP) is 2.83. The Balaban J connectivity index is 2.06. The molecule has 2 atom stereocenters. The summed E-state index contributed by atoms with van der Waals surface area (Å²) in [6.45, 7) is 4.98. The first-order chi connectivity index (χ1) is 6.25. The molecular formula is C12H22O. The monoisotopic (exact) mass is 182 g/mol. The van der Waals surface area contributed by atoms with Crippen molar-refractivity contribution in [1.29, 1.82) is 0 Å². The Hall–Kier alpha value is -0.0400. The van der Waals surface area contributed by atoms with Crippen molar-refractivity contribution in [3.8, 4) is 0 Å². The number of hydrogen-bond donors (Lipinski definition) is 1. The Labute approximate surface area is 81.5 Å². The van der Waals surface area contributed by atoms with Crippen LogP contribution in [0, 0.1) is 23.2 Å².